The highest BCUT2D eigenvalue weighted by molar-refractivity contribution is 5.88. The SMILES string of the molecule is COc1ccccc1-c1cccc(CN2C[C@@H](c3cccc(NC(C)=O)c3)[C@@]3(CCCCC(=O)N3)C2)c1. The second-order valence-electron chi connectivity index (χ2n) is 10.3. The summed E-state index contributed by atoms with van der Waals surface area (Å²) in [5.74, 6) is 1.05. The minimum absolute atomic E-state index is 0.0855. The third-order valence-electron chi connectivity index (χ3n) is 7.64. The molecule has 6 nitrogen and oxygen atoms in total. The fourth-order valence-corrected chi connectivity index (χ4v) is 6.08. The van der Waals surface area contributed by atoms with Crippen LogP contribution in [0.2, 0.25) is 0 Å². The van der Waals surface area contributed by atoms with Crippen molar-refractivity contribution < 1.29 is 14.3 Å². The molecule has 3 aromatic rings. The first kappa shape index (κ1) is 25.0. The summed E-state index contributed by atoms with van der Waals surface area (Å²) < 4.78 is 5.59. The third-order valence-corrected chi connectivity index (χ3v) is 7.64. The summed E-state index contributed by atoms with van der Waals surface area (Å²) in [4.78, 5) is 26.9. The van der Waals surface area contributed by atoms with Crippen molar-refractivity contribution in [1.29, 1.82) is 0 Å². The van der Waals surface area contributed by atoms with Crippen molar-refractivity contribution >= 4 is 17.5 Å². The Hall–Kier alpha value is -3.64. The number of amides is 2. The Balaban J connectivity index is 1.44. The van der Waals surface area contributed by atoms with Gasteiger partial charge in [0.15, 0.2) is 0 Å². The van der Waals surface area contributed by atoms with Crippen molar-refractivity contribution in [3.05, 3.63) is 83.9 Å². The van der Waals surface area contributed by atoms with Crippen LogP contribution >= 0.6 is 0 Å². The van der Waals surface area contributed by atoms with Crippen molar-refractivity contribution in [3.63, 3.8) is 0 Å². The van der Waals surface area contributed by atoms with Crippen molar-refractivity contribution in [2.75, 3.05) is 25.5 Å². The van der Waals surface area contributed by atoms with Crippen molar-refractivity contribution in [2.45, 2.75) is 50.6 Å². The number of nitrogens with one attached hydrogen (secondary N) is 2. The predicted octanol–water partition coefficient (Wildman–Crippen LogP) is 5.35. The van der Waals surface area contributed by atoms with Gasteiger partial charge in [-0.25, -0.2) is 0 Å². The molecule has 2 heterocycles. The van der Waals surface area contributed by atoms with Crippen LogP contribution in [0.3, 0.4) is 0 Å². The van der Waals surface area contributed by atoms with Gasteiger partial charge < -0.3 is 15.4 Å². The number of carbonyl (C=O) groups excluding carboxylic acids is 2. The number of anilines is 1. The van der Waals surface area contributed by atoms with E-state index >= 15 is 0 Å². The quantitative estimate of drug-likeness (QED) is 0.482. The molecule has 0 aromatic heterocycles. The number of carbonyl (C=O) groups is 2. The molecule has 2 aliphatic heterocycles. The van der Waals surface area contributed by atoms with E-state index in [4.69, 9.17) is 4.74 Å². The summed E-state index contributed by atoms with van der Waals surface area (Å²) in [5, 5.41) is 6.36. The first-order valence-electron chi connectivity index (χ1n) is 13.1. The van der Waals surface area contributed by atoms with Gasteiger partial charge in [0, 0.05) is 50.1 Å². The molecule has 0 unspecified atom stereocenters. The maximum Gasteiger partial charge on any atom is 0.221 e. The predicted molar refractivity (Wildman–Crippen MR) is 147 cm³/mol. The first-order chi connectivity index (χ1) is 18.0. The van der Waals surface area contributed by atoms with Gasteiger partial charge in [0.25, 0.3) is 0 Å². The Morgan fingerprint density at radius 3 is 2.76 bits per heavy atom. The van der Waals surface area contributed by atoms with Gasteiger partial charge >= 0.3 is 0 Å². The van der Waals surface area contributed by atoms with Crippen LogP contribution in [0.25, 0.3) is 11.1 Å². The minimum Gasteiger partial charge on any atom is -0.496 e. The number of hydrogen-bond donors (Lipinski definition) is 2. The molecule has 0 saturated carbocycles. The van der Waals surface area contributed by atoms with Gasteiger partial charge in [0.2, 0.25) is 11.8 Å². The molecule has 2 N–H and O–H groups in total. The van der Waals surface area contributed by atoms with Crippen LogP contribution in [-0.2, 0) is 16.1 Å². The molecule has 0 radical (unpaired) electrons. The molecule has 2 fully saturated rings. The largest absolute Gasteiger partial charge is 0.496 e. The number of nitrogens with zero attached hydrogens (tertiary/aromatic N) is 1. The Morgan fingerprint density at radius 2 is 1.92 bits per heavy atom. The molecular weight excluding hydrogens is 462 g/mol. The zero-order valence-corrected chi connectivity index (χ0v) is 21.6. The molecule has 5 rings (SSSR count). The maximum absolute atomic E-state index is 12.8. The fourth-order valence-electron chi connectivity index (χ4n) is 6.08. The lowest BCUT2D eigenvalue weighted by molar-refractivity contribution is -0.122. The third kappa shape index (κ3) is 5.54. The highest BCUT2D eigenvalue weighted by Gasteiger charge is 2.48. The van der Waals surface area contributed by atoms with Crippen LogP contribution in [0.4, 0.5) is 5.69 Å². The van der Waals surface area contributed by atoms with E-state index in [2.05, 4.69) is 58.0 Å². The first-order valence-corrected chi connectivity index (χ1v) is 13.1. The zero-order chi connectivity index (χ0) is 25.8. The number of rotatable bonds is 6. The van der Waals surface area contributed by atoms with E-state index in [0.717, 1.165) is 67.0 Å². The zero-order valence-electron chi connectivity index (χ0n) is 21.6. The number of ether oxygens (including phenoxy) is 1. The summed E-state index contributed by atoms with van der Waals surface area (Å²) >= 11 is 0. The van der Waals surface area contributed by atoms with Crippen LogP contribution in [0.5, 0.6) is 5.75 Å². The van der Waals surface area contributed by atoms with Crippen LogP contribution in [0.15, 0.2) is 72.8 Å². The van der Waals surface area contributed by atoms with E-state index in [1.165, 1.54) is 12.5 Å². The molecule has 3 aromatic carbocycles. The van der Waals surface area contributed by atoms with Crippen LogP contribution in [-0.4, -0.2) is 42.5 Å². The van der Waals surface area contributed by atoms with Crippen LogP contribution in [0.1, 0.15) is 49.7 Å². The minimum atomic E-state index is -0.317. The molecule has 0 bridgehead atoms. The molecule has 1 spiro atoms. The topological polar surface area (TPSA) is 70.7 Å². The number of para-hydroxylation sites is 1. The molecule has 2 aliphatic rings. The summed E-state index contributed by atoms with van der Waals surface area (Å²) in [6, 6.07) is 24.8. The maximum atomic E-state index is 12.8. The number of hydrogen-bond acceptors (Lipinski definition) is 4. The van der Waals surface area contributed by atoms with Crippen LogP contribution < -0.4 is 15.4 Å². The number of benzene rings is 3. The van der Waals surface area contributed by atoms with Gasteiger partial charge in [-0.3, -0.25) is 14.5 Å². The van der Waals surface area contributed by atoms with Gasteiger partial charge in [0.05, 0.1) is 12.6 Å². The monoisotopic (exact) mass is 497 g/mol. The Kier molecular flexibility index (Phi) is 7.28. The van der Waals surface area contributed by atoms with E-state index in [1.54, 1.807) is 7.11 Å². The normalized spacial score (nSPS) is 21.9. The second-order valence-corrected chi connectivity index (χ2v) is 10.3. The Morgan fingerprint density at radius 1 is 1.08 bits per heavy atom. The lowest BCUT2D eigenvalue weighted by Gasteiger charge is -2.35. The van der Waals surface area contributed by atoms with Gasteiger partial charge in [-0.1, -0.05) is 55.0 Å². The highest BCUT2D eigenvalue weighted by Crippen LogP contribution is 2.42. The Labute approximate surface area is 219 Å². The fraction of sp³-hybridized carbons (Fsp3) is 0.355. The van der Waals surface area contributed by atoms with Crippen molar-refractivity contribution in [3.8, 4) is 16.9 Å². The molecular formula is C31H35N3O3. The molecule has 2 atom stereocenters. The molecule has 6 heteroatoms. The average molecular weight is 498 g/mol. The highest BCUT2D eigenvalue weighted by atomic mass is 16.5. The van der Waals surface area contributed by atoms with Gasteiger partial charge in [-0.15, -0.1) is 0 Å². The lowest BCUT2D eigenvalue weighted by atomic mass is 9.79. The van der Waals surface area contributed by atoms with Crippen molar-refractivity contribution in [2.24, 2.45) is 0 Å². The smallest absolute Gasteiger partial charge is 0.221 e. The molecule has 192 valence electrons. The van der Waals surface area contributed by atoms with Gasteiger partial charge in [0.1, 0.15) is 5.75 Å². The lowest BCUT2D eigenvalue weighted by Crippen LogP contribution is -2.52. The number of methoxy groups -OCH3 is 1. The summed E-state index contributed by atoms with van der Waals surface area (Å²) in [5.41, 5.74) is 5.07. The van der Waals surface area contributed by atoms with E-state index < -0.39 is 0 Å². The van der Waals surface area contributed by atoms with Crippen LogP contribution in [0, 0.1) is 0 Å². The summed E-state index contributed by atoms with van der Waals surface area (Å²) in [6.07, 6.45) is 3.48. The second kappa shape index (κ2) is 10.8. The molecule has 0 aliphatic carbocycles. The number of likely N-dealkylation sites (tertiary alicyclic amines) is 1. The van der Waals surface area contributed by atoms with E-state index in [0.29, 0.717) is 6.42 Å². The summed E-state index contributed by atoms with van der Waals surface area (Å²) in [6.45, 7) is 3.95. The molecule has 2 saturated heterocycles. The molecule has 2 amide bonds. The standard InChI is InChI=1S/C31H35N3O3/c1-22(35)32-26-12-8-11-25(18-26)28-20-34(21-31(28)16-6-5-15-30(36)33-31)19-23-9-7-10-24(17-23)27-13-3-4-14-29(27)37-2/h3-4,7-14,17-18,28H,5-6,15-16,19-21H2,1-2H3,(H,32,35)(H,33,36)/t28-,31+/m0/s1. The van der Waals surface area contributed by atoms with E-state index in [9.17, 15) is 9.59 Å². The summed E-state index contributed by atoms with van der Waals surface area (Å²) in [7, 11) is 1.70. The van der Waals surface area contributed by atoms with Gasteiger partial charge in [-0.05, 0) is 53.8 Å². The van der Waals surface area contributed by atoms with Crippen molar-refractivity contribution in [1.82, 2.24) is 10.2 Å². The average Bonchev–Trinajstić information content (AvgIpc) is 3.11. The molecule has 37 heavy (non-hydrogen) atoms. The van der Waals surface area contributed by atoms with E-state index in [1.807, 2.05) is 30.3 Å². The van der Waals surface area contributed by atoms with Gasteiger partial charge in [-0.2, -0.15) is 0 Å². The Bertz CT molecular complexity index is 1290. The van der Waals surface area contributed by atoms with E-state index in [-0.39, 0.29) is 23.3 Å².